The van der Waals surface area contributed by atoms with Crippen LogP contribution in [0.4, 0.5) is 0 Å². The van der Waals surface area contributed by atoms with Gasteiger partial charge in [-0.2, -0.15) is 0 Å². The van der Waals surface area contributed by atoms with E-state index in [0.717, 1.165) is 11.3 Å². The van der Waals surface area contributed by atoms with Crippen molar-refractivity contribution in [2.45, 2.75) is 38.3 Å². The molecule has 0 saturated carbocycles. The Morgan fingerprint density at radius 3 is 2.46 bits per heavy atom. The lowest BCUT2D eigenvalue weighted by atomic mass is 10.1. The number of aryl methyl sites for hydroxylation is 1. The molecule has 1 heterocycles. The van der Waals surface area contributed by atoms with Gasteiger partial charge in [0.25, 0.3) is 5.91 Å². The van der Waals surface area contributed by atoms with Crippen LogP contribution in [0.5, 0.6) is 5.75 Å². The molecular weight excluding hydrogens is 358 g/mol. The van der Waals surface area contributed by atoms with E-state index in [0.29, 0.717) is 12.8 Å². The Morgan fingerprint density at radius 2 is 1.92 bits per heavy atom. The summed E-state index contributed by atoms with van der Waals surface area (Å²) in [5.74, 6) is -0.0508. The summed E-state index contributed by atoms with van der Waals surface area (Å²) in [4.78, 5) is 25.7. The largest absolute Gasteiger partial charge is 0.497 e. The maximum absolute atomic E-state index is 12.4. The minimum absolute atomic E-state index is 0.0343. The van der Waals surface area contributed by atoms with Gasteiger partial charge in [-0.25, -0.2) is 8.42 Å². The summed E-state index contributed by atoms with van der Waals surface area (Å²) in [6.07, 6.45) is 0.140. The molecule has 0 aliphatic carbocycles. The van der Waals surface area contributed by atoms with E-state index >= 15 is 0 Å². The highest BCUT2D eigenvalue weighted by Gasteiger charge is 2.34. The number of hydrogen-bond acceptors (Lipinski definition) is 6. The van der Waals surface area contributed by atoms with Crippen molar-refractivity contribution in [1.82, 2.24) is 4.90 Å². The molecule has 0 N–H and O–H groups in total. The zero-order valence-corrected chi connectivity index (χ0v) is 16.1. The van der Waals surface area contributed by atoms with E-state index in [1.54, 1.807) is 14.2 Å². The third-order valence-electron chi connectivity index (χ3n) is 4.54. The number of ether oxygens (including phenoxy) is 2. The van der Waals surface area contributed by atoms with E-state index < -0.39 is 21.9 Å². The van der Waals surface area contributed by atoms with Gasteiger partial charge in [-0.1, -0.05) is 12.1 Å². The first kappa shape index (κ1) is 20.2. The van der Waals surface area contributed by atoms with Gasteiger partial charge in [0.1, 0.15) is 5.75 Å². The van der Waals surface area contributed by atoms with Gasteiger partial charge in [0, 0.05) is 19.5 Å². The maximum Gasteiger partial charge on any atom is 0.306 e. The van der Waals surface area contributed by atoms with Crippen molar-refractivity contribution >= 4 is 21.7 Å². The van der Waals surface area contributed by atoms with E-state index in [9.17, 15) is 18.0 Å². The first-order chi connectivity index (χ1) is 12.2. The molecule has 8 heteroatoms. The van der Waals surface area contributed by atoms with Crippen molar-refractivity contribution < 1.29 is 27.5 Å². The van der Waals surface area contributed by atoms with Crippen LogP contribution in [-0.2, 0) is 30.6 Å². The summed E-state index contributed by atoms with van der Waals surface area (Å²) < 4.78 is 33.4. The topological polar surface area (TPSA) is 90.0 Å². The zero-order valence-electron chi connectivity index (χ0n) is 15.3. The second kappa shape index (κ2) is 8.53. The number of carbonyl (C=O) groups excluding carboxylic acids is 2. The summed E-state index contributed by atoms with van der Waals surface area (Å²) in [5.41, 5.74) is 0.968. The van der Waals surface area contributed by atoms with E-state index in [1.807, 2.05) is 24.3 Å². The highest BCUT2D eigenvalue weighted by Crippen LogP contribution is 2.18. The van der Waals surface area contributed by atoms with Crippen molar-refractivity contribution in [2.75, 3.05) is 25.7 Å². The van der Waals surface area contributed by atoms with Gasteiger partial charge >= 0.3 is 5.97 Å². The predicted octanol–water partition coefficient (Wildman–Crippen LogP) is 1.21. The van der Waals surface area contributed by atoms with Crippen LogP contribution in [0.1, 0.15) is 25.3 Å². The Kier molecular flexibility index (Phi) is 6.63. The monoisotopic (exact) mass is 383 g/mol. The number of methoxy groups -OCH3 is 1. The van der Waals surface area contributed by atoms with Crippen LogP contribution in [0.25, 0.3) is 0 Å². The molecule has 2 rings (SSSR count). The number of nitrogens with zero attached hydrogens (tertiary/aromatic N) is 1. The number of carbonyl (C=O) groups is 2. The van der Waals surface area contributed by atoms with Crippen molar-refractivity contribution in [2.24, 2.45) is 0 Å². The van der Waals surface area contributed by atoms with Crippen LogP contribution in [0.3, 0.4) is 0 Å². The highest BCUT2D eigenvalue weighted by atomic mass is 32.2. The Balaban J connectivity index is 1.80. The quantitative estimate of drug-likeness (QED) is 0.658. The van der Waals surface area contributed by atoms with Gasteiger partial charge in [0.05, 0.1) is 18.6 Å². The normalized spacial score (nSPS) is 19.6. The average molecular weight is 383 g/mol. The standard InChI is InChI=1S/C18H25NO6S/c1-13(18(21)19(2)15-10-11-26(22,23)12-15)25-17(20)9-6-14-4-7-16(24-3)8-5-14/h4-5,7-8,13,15H,6,9-12H2,1-3H3/t13-,15+/m1/s1. The first-order valence-corrected chi connectivity index (χ1v) is 10.3. The molecule has 0 unspecified atom stereocenters. The summed E-state index contributed by atoms with van der Waals surface area (Å²) in [6, 6.07) is 7.02. The van der Waals surface area contributed by atoms with Crippen LogP contribution in [0, 0.1) is 0 Å². The highest BCUT2D eigenvalue weighted by molar-refractivity contribution is 7.91. The fourth-order valence-corrected chi connectivity index (χ4v) is 4.67. The lowest BCUT2D eigenvalue weighted by molar-refractivity contribution is -0.159. The molecule has 0 aromatic heterocycles. The maximum atomic E-state index is 12.4. The van der Waals surface area contributed by atoms with Crippen molar-refractivity contribution in [3.8, 4) is 5.75 Å². The molecule has 2 atom stereocenters. The van der Waals surface area contributed by atoms with Gasteiger partial charge in [-0.15, -0.1) is 0 Å². The molecule has 1 aromatic carbocycles. The lowest BCUT2D eigenvalue weighted by Crippen LogP contribution is -2.44. The summed E-state index contributed by atoms with van der Waals surface area (Å²) in [6.45, 7) is 1.51. The molecule has 144 valence electrons. The van der Waals surface area contributed by atoms with Gasteiger partial charge in [-0.3, -0.25) is 9.59 Å². The van der Waals surface area contributed by atoms with Crippen LogP contribution in [0.2, 0.25) is 0 Å². The molecule has 1 fully saturated rings. The lowest BCUT2D eigenvalue weighted by Gasteiger charge is -2.26. The third kappa shape index (κ3) is 5.45. The molecule has 1 amide bonds. The summed E-state index contributed by atoms with van der Waals surface area (Å²) in [5, 5.41) is 0. The van der Waals surface area contributed by atoms with Crippen molar-refractivity contribution in [1.29, 1.82) is 0 Å². The number of benzene rings is 1. The Hall–Kier alpha value is -2.09. The Labute approximate surface area is 154 Å². The van der Waals surface area contributed by atoms with E-state index in [-0.39, 0.29) is 29.9 Å². The zero-order chi connectivity index (χ0) is 19.3. The number of amides is 1. The molecule has 26 heavy (non-hydrogen) atoms. The SMILES string of the molecule is COc1ccc(CCC(=O)O[C@H](C)C(=O)N(C)[C@H]2CCS(=O)(=O)C2)cc1. The molecule has 1 saturated heterocycles. The number of rotatable bonds is 7. The molecule has 1 aliphatic rings. The van der Waals surface area contributed by atoms with E-state index in [1.165, 1.54) is 11.8 Å². The molecule has 1 aliphatic heterocycles. The van der Waals surface area contributed by atoms with Gasteiger partial charge < -0.3 is 14.4 Å². The number of esters is 1. The first-order valence-electron chi connectivity index (χ1n) is 8.51. The minimum atomic E-state index is -3.08. The van der Waals surface area contributed by atoms with E-state index in [4.69, 9.17) is 9.47 Å². The summed E-state index contributed by atoms with van der Waals surface area (Å²) >= 11 is 0. The molecule has 0 bridgehead atoms. The van der Waals surface area contributed by atoms with Crippen LogP contribution in [-0.4, -0.2) is 63.0 Å². The molecule has 7 nitrogen and oxygen atoms in total. The van der Waals surface area contributed by atoms with Gasteiger partial charge in [0.15, 0.2) is 15.9 Å². The third-order valence-corrected chi connectivity index (χ3v) is 6.29. The second-order valence-electron chi connectivity index (χ2n) is 6.49. The predicted molar refractivity (Wildman–Crippen MR) is 96.7 cm³/mol. The Morgan fingerprint density at radius 1 is 1.27 bits per heavy atom. The number of sulfone groups is 1. The molecule has 0 radical (unpaired) electrons. The average Bonchev–Trinajstić information content (AvgIpc) is 2.98. The minimum Gasteiger partial charge on any atom is -0.497 e. The fourth-order valence-electron chi connectivity index (χ4n) is 2.89. The Bertz CT molecular complexity index is 743. The number of hydrogen-bond donors (Lipinski definition) is 0. The van der Waals surface area contributed by atoms with Gasteiger partial charge in [-0.05, 0) is 37.5 Å². The van der Waals surface area contributed by atoms with Crippen LogP contribution >= 0.6 is 0 Å². The molecular formula is C18H25NO6S. The molecule has 0 spiro atoms. The van der Waals surface area contributed by atoms with Crippen LogP contribution < -0.4 is 4.74 Å². The summed E-state index contributed by atoms with van der Waals surface area (Å²) in [7, 11) is 0.0596. The second-order valence-corrected chi connectivity index (χ2v) is 8.71. The van der Waals surface area contributed by atoms with Crippen molar-refractivity contribution in [3.63, 3.8) is 0 Å². The number of likely N-dealkylation sites (N-methyl/N-ethyl adjacent to an activating group) is 1. The van der Waals surface area contributed by atoms with E-state index in [2.05, 4.69) is 0 Å². The fraction of sp³-hybridized carbons (Fsp3) is 0.556. The smallest absolute Gasteiger partial charge is 0.306 e. The van der Waals surface area contributed by atoms with Crippen LogP contribution in [0.15, 0.2) is 24.3 Å². The van der Waals surface area contributed by atoms with Crippen molar-refractivity contribution in [3.05, 3.63) is 29.8 Å². The van der Waals surface area contributed by atoms with Gasteiger partial charge in [0.2, 0.25) is 0 Å². The molecule has 1 aromatic rings.